The molecule has 100 valence electrons. The van der Waals surface area contributed by atoms with Gasteiger partial charge in [0, 0.05) is 17.5 Å². The summed E-state index contributed by atoms with van der Waals surface area (Å²) in [6.45, 7) is 0. The van der Waals surface area contributed by atoms with Crippen LogP contribution in [0.15, 0.2) is 36.4 Å². The van der Waals surface area contributed by atoms with E-state index in [1.807, 2.05) is 0 Å². The first-order valence-electron chi connectivity index (χ1n) is 5.55. The summed E-state index contributed by atoms with van der Waals surface area (Å²) in [6.07, 6.45) is -1.60. The molecule has 0 bridgehead atoms. The predicted octanol–water partition coefficient (Wildman–Crippen LogP) is 4.03. The van der Waals surface area contributed by atoms with Gasteiger partial charge >= 0.3 is 0 Å². The molecule has 0 heterocycles. The number of benzene rings is 2. The fraction of sp³-hybridized carbons (Fsp3) is 0.143. The maximum Gasteiger partial charge on any atom is 0.142 e. The standard InChI is InChI=1S/C14H10ClF3O/c15-14-8(3-1-6-12(14)18)13(19)7-9-10(16)4-2-5-11(9)17/h1-6,13,19H,7H2. The van der Waals surface area contributed by atoms with E-state index < -0.39 is 23.6 Å². The minimum absolute atomic E-state index is 0.101. The zero-order valence-corrected chi connectivity index (χ0v) is 10.5. The van der Waals surface area contributed by atoms with E-state index in [9.17, 15) is 18.3 Å². The van der Waals surface area contributed by atoms with Gasteiger partial charge in [0.25, 0.3) is 0 Å². The van der Waals surface area contributed by atoms with Gasteiger partial charge in [0.1, 0.15) is 17.5 Å². The van der Waals surface area contributed by atoms with Crippen LogP contribution in [0.1, 0.15) is 17.2 Å². The molecule has 0 fully saturated rings. The first kappa shape index (κ1) is 13.9. The summed E-state index contributed by atoms with van der Waals surface area (Å²) >= 11 is 5.71. The second kappa shape index (κ2) is 5.63. The Labute approximate surface area is 113 Å². The molecule has 0 saturated heterocycles. The zero-order chi connectivity index (χ0) is 14.0. The third-order valence-electron chi connectivity index (χ3n) is 2.80. The van der Waals surface area contributed by atoms with Crippen LogP contribution in [0.5, 0.6) is 0 Å². The largest absolute Gasteiger partial charge is 0.388 e. The molecule has 5 heteroatoms. The van der Waals surface area contributed by atoms with E-state index in [0.29, 0.717) is 0 Å². The summed E-state index contributed by atoms with van der Waals surface area (Å²) in [7, 11) is 0. The summed E-state index contributed by atoms with van der Waals surface area (Å²) in [5, 5.41) is 9.70. The molecular weight excluding hydrogens is 277 g/mol. The van der Waals surface area contributed by atoms with Crippen molar-refractivity contribution < 1.29 is 18.3 Å². The summed E-state index contributed by atoms with van der Waals surface area (Å²) in [5.74, 6) is -2.20. The van der Waals surface area contributed by atoms with Crippen LogP contribution in [0.4, 0.5) is 13.2 Å². The van der Waals surface area contributed by atoms with E-state index in [4.69, 9.17) is 11.6 Å². The first-order valence-corrected chi connectivity index (χ1v) is 5.93. The van der Waals surface area contributed by atoms with Gasteiger partial charge in [-0.05, 0) is 18.2 Å². The summed E-state index contributed by atoms with van der Waals surface area (Å²) in [6, 6.07) is 7.35. The molecule has 1 unspecified atom stereocenters. The van der Waals surface area contributed by atoms with Gasteiger partial charge in [-0.3, -0.25) is 0 Å². The van der Waals surface area contributed by atoms with Crippen molar-refractivity contribution in [1.29, 1.82) is 0 Å². The van der Waals surface area contributed by atoms with E-state index in [1.165, 1.54) is 18.2 Å². The van der Waals surface area contributed by atoms with Crippen molar-refractivity contribution in [2.45, 2.75) is 12.5 Å². The summed E-state index contributed by atoms with van der Waals surface area (Å²) in [4.78, 5) is 0. The topological polar surface area (TPSA) is 20.2 Å². The molecule has 2 rings (SSSR count). The molecule has 0 spiro atoms. The van der Waals surface area contributed by atoms with Crippen LogP contribution in [0.3, 0.4) is 0 Å². The average molecular weight is 287 g/mol. The highest BCUT2D eigenvalue weighted by molar-refractivity contribution is 6.31. The maximum absolute atomic E-state index is 13.4. The lowest BCUT2D eigenvalue weighted by Gasteiger charge is -2.14. The zero-order valence-electron chi connectivity index (χ0n) is 9.71. The van der Waals surface area contributed by atoms with E-state index in [0.717, 1.165) is 18.2 Å². The molecule has 0 amide bonds. The summed E-state index contributed by atoms with van der Waals surface area (Å²) < 4.78 is 40.1. The Morgan fingerprint density at radius 2 is 1.47 bits per heavy atom. The van der Waals surface area contributed by atoms with Crippen molar-refractivity contribution in [2.75, 3.05) is 0 Å². The molecule has 0 radical (unpaired) electrons. The van der Waals surface area contributed by atoms with Gasteiger partial charge in [-0.1, -0.05) is 29.8 Å². The lowest BCUT2D eigenvalue weighted by molar-refractivity contribution is 0.175. The second-order valence-electron chi connectivity index (χ2n) is 4.06. The normalized spacial score (nSPS) is 12.5. The van der Waals surface area contributed by atoms with Crippen LogP contribution in [-0.4, -0.2) is 5.11 Å². The highest BCUT2D eigenvalue weighted by atomic mass is 35.5. The van der Waals surface area contributed by atoms with Crippen LogP contribution in [-0.2, 0) is 6.42 Å². The number of aliphatic hydroxyl groups excluding tert-OH is 1. The molecule has 0 aliphatic rings. The Morgan fingerprint density at radius 1 is 0.947 bits per heavy atom. The predicted molar refractivity (Wildman–Crippen MR) is 66.4 cm³/mol. The maximum atomic E-state index is 13.4. The van der Waals surface area contributed by atoms with Crippen LogP contribution >= 0.6 is 11.6 Å². The number of hydrogen-bond donors (Lipinski definition) is 1. The third-order valence-corrected chi connectivity index (χ3v) is 3.20. The van der Waals surface area contributed by atoms with Gasteiger partial charge in [-0.25, -0.2) is 13.2 Å². The van der Waals surface area contributed by atoms with Crippen LogP contribution in [0, 0.1) is 17.5 Å². The smallest absolute Gasteiger partial charge is 0.142 e. The SMILES string of the molecule is OC(Cc1c(F)cccc1F)c1cccc(F)c1Cl. The lowest BCUT2D eigenvalue weighted by Crippen LogP contribution is -2.07. The molecule has 0 aromatic heterocycles. The van der Waals surface area contributed by atoms with Crippen molar-refractivity contribution in [2.24, 2.45) is 0 Å². The lowest BCUT2D eigenvalue weighted by atomic mass is 10.0. The minimum Gasteiger partial charge on any atom is -0.388 e. The van der Waals surface area contributed by atoms with Crippen LogP contribution in [0.25, 0.3) is 0 Å². The van der Waals surface area contributed by atoms with E-state index in [2.05, 4.69) is 0 Å². The van der Waals surface area contributed by atoms with Crippen LogP contribution in [0.2, 0.25) is 5.02 Å². The molecule has 19 heavy (non-hydrogen) atoms. The minimum atomic E-state index is -1.28. The Bertz CT molecular complexity index is 581. The molecule has 1 N–H and O–H groups in total. The monoisotopic (exact) mass is 286 g/mol. The highest BCUT2D eigenvalue weighted by Gasteiger charge is 2.18. The van der Waals surface area contributed by atoms with E-state index in [-0.39, 0.29) is 22.6 Å². The van der Waals surface area contributed by atoms with Gasteiger partial charge in [0.05, 0.1) is 11.1 Å². The highest BCUT2D eigenvalue weighted by Crippen LogP contribution is 2.29. The van der Waals surface area contributed by atoms with Crippen LogP contribution < -0.4 is 0 Å². The van der Waals surface area contributed by atoms with Crippen molar-refractivity contribution >= 4 is 11.6 Å². The molecule has 2 aromatic carbocycles. The van der Waals surface area contributed by atoms with Crippen molar-refractivity contribution in [3.05, 3.63) is 70.0 Å². The number of halogens is 4. The van der Waals surface area contributed by atoms with Crippen molar-refractivity contribution in [3.8, 4) is 0 Å². The van der Waals surface area contributed by atoms with Gasteiger partial charge in [0.15, 0.2) is 0 Å². The van der Waals surface area contributed by atoms with Gasteiger partial charge in [-0.2, -0.15) is 0 Å². The molecule has 0 aliphatic carbocycles. The Hall–Kier alpha value is -1.52. The third kappa shape index (κ3) is 2.91. The number of rotatable bonds is 3. The molecular formula is C14H10ClF3O. The van der Waals surface area contributed by atoms with E-state index >= 15 is 0 Å². The fourth-order valence-electron chi connectivity index (χ4n) is 1.81. The van der Waals surface area contributed by atoms with Gasteiger partial charge in [-0.15, -0.1) is 0 Å². The molecule has 1 atom stereocenters. The Balaban J connectivity index is 2.31. The summed E-state index contributed by atoms with van der Waals surface area (Å²) in [5.41, 5.74) is -0.153. The molecule has 0 aliphatic heterocycles. The van der Waals surface area contributed by atoms with E-state index in [1.54, 1.807) is 0 Å². The quantitative estimate of drug-likeness (QED) is 0.903. The van der Waals surface area contributed by atoms with Gasteiger partial charge < -0.3 is 5.11 Å². The Morgan fingerprint density at radius 3 is 2.11 bits per heavy atom. The first-order chi connectivity index (χ1) is 9.00. The molecule has 2 aromatic rings. The van der Waals surface area contributed by atoms with Gasteiger partial charge in [0.2, 0.25) is 0 Å². The number of aliphatic hydroxyl groups is 1. The van der Waals surface area contributed by atoms with Crippen molar-refractivity contribution in [3.63, 3.8) is 0 Å². The van der Waals surface area contributed by atoms with Crippen molar-refractivity contribution in [1.82, 2.24) is 0 Å². The number of hydrogen-bond acceptors (Lipinski definition) is 1. The second-order valence-corrected chi connectivity index (χ2v) is 4.44. The molecule has 1 nitrogen and oxygen atoms in total. The fourth-order valence-corrected chi connectivity index (χ4v) is 2.06. The average Bonchev–Trinajstić information content (AvgIpc) is 2.37. The Kier molecular flexibility index (Phi) is 4.12. The molecule has 0 saturated carbocycles.